The molecule has 92 valence electrons. The van der Waals surface area contributed by atoms with Crippen LogP contribution < -0.4 is 5.32 Å². The molecule has 0 saturated carbocycles. The van der Waals surface area contributed by atoms with E-state index in [2.05, 4.69) is 21.2 Å². The Labute approximate surface area is 108 Å². The molecule has 0 aliphatic carbocycles. The zero-order valence-corrected chi connectivity index (χ0v) is 10.9. The van der Waals surface area contributed by atoms with Crippen LogP contribution in [0.3, 0.4) is 0 Å². The number of aliphatic carboxylic acids is 1. The van der Waals surface area contributed by atoms with Crippen LogP contribution in [-0.4, -0.2) is 29.8 Å². The van der Waals surface area contributed by atoms with Crippen molar-refractivity contribution in [1.82, 2.24) is 0 Å². The predicted octanol–water partition coefficient (Wildman–Crippen LogP) is 2.49. The van der Waals surface area contributed by atoms with Crippen LogP contribution in [0.15, 0.2) is 28.7 Å². The molecule has 1 aliphatic rings. The molecule has 0 amide bonds. The smallest absolute Gasteiger partial charge is 0.331 e. The number of nitrogens with one attached hydrogen (secondary N) is 1. The fraction of sp³-hybridized carbons (Fsp3) is 0.417. The van der Waals surface area contributed by atoms with Gasteiger partial charge in [0.2, 0.25) is 0 Å². The minimum absolute atomic E-state index is 0.207. The summed E-state index contributed by atoms with van der Waals surface area (Å²) in [4.78, 5) is 11.4. The van der Waals surface area contributed by atoms with Gasteiger partial charge in [-0.15, -0.1) is 0 Å². The van der Waals surface area contributed by atoms with Crippen molar-refractivity contribution in [2.75, 3.05) is 18.5 Å². The normalized spacial score (nSPS) is 24.3. The Kier molecular flexibility index (Phi) is 3.69. The van der Waals surface area contributed by atoms with Gasteiger partial charge < -0.3 is 15.2 Å². The third kappa shape index (κ3) is 2.79. The molecular formula is C12H14BrNO3. The van der Waals surface area contributed by atoms with Crippen molar-refractivity contribution in [3.63, 3.8) is 0 Å². The first-order valence-electron chi connectivity index (χ1n) is 5.47. The molecule has 2 N–H and O–H groups in total. The molecule has 2 rings (SSSR count). The van der Waals surface area contributed by atoms with E-state index in [0.717, 1.165) is 16.6 Å². The number of carboxylic acids is 1. The molecule has 1 unspecified atom stereocenters. The molecule has 5 heteroatoms. The SMILES string of the molecule is O=C(O)C1(Nc2ccc(Br)cc2)CCCOC1. The lowest BCUT2D eigenvalue weighted by molar-refractivity contribution is -0.146. The molecular weight excluding hydrogens is 286 g/mol. The van der Waals surface area contributed by atoms with Crippen LogP contribution in [0.2, 0.25) is 0 Å². The minimum atomic E-state index is -0.994. The number of anilines is 1. The van der Waals surface area contributed by atoms with Gasteiger partial charge in [0.15, 0.2) is 5.54 Å². The molecule has 4 nitrogen and oxygen atoms in total. The highest BCUT2D eigenvalue weighted by Crippen LogP contribution is 2.25. The molecule has 17 heavy (non-hydrogen) atoms. The third-order valence-corrected chi connectivity index (χ3v) is 3.41. The van der Waals surface area contributed by atoms with Gasteiger partial charge in [-0.2, -0.15) is 0 Å². The van der Waals surface area contributed by atoms with Crippen LogP contribution in [0.4, 0.5) is 5.69 Å². The van der Waals surface area contributed by atoms with E-state index >= 15 is 0 Å². The minimum Gasteiger partial charge on any atom is -0.479 e. The molecule has 1 fully saturated rings. The lowest BCUT2D eigenvalue weighted by Crippen LogP contribution is -2.52. The second-order valence-electron chi connectivity index (χ2n) is 4.18. The highest BCUT2D eigenvalue weighted by atomic mass is 79.9. The fourth-order valence-electron chi connectivity index (χ4n) is 1.92. The van der Waals surface area contributed by atoms with Gasteiger partial charge in [0.05, 0.1) is 6.61 Å². The molecule has 1 aromatic rings. The van der Waals surface area contributed by atoms with Crippen molar-refractivity contribution in [2.24, 2.45) is 0 Å². The fourth-order valence-corrected chi connectivity index (χ4v) is 2.19. The number of ether oxygens (including phenoxy) is 1. The number of benzene rings is 1. The van der Waals surface area contributed by atoms with Crippen molar-refractivity contribution in [3.05, 3.63) is 28.7 Å². The quantitative estimate of drug-likeness (QED) is 0.900. The Hall–Kier alpha value is -1.07. The highest BCUT2D eigenvalue weighted by Gasteiger charge is 2.40. The van der Waals surface area contributed by atoms with E-state index in [1.54, 1.807) is 0 Å². The van der Waals surface area contributed by atoms with E-state index < -0.39 is 11.5 Å². The Morgan fingerprint density at radius 2 is 2.12 bits per heavy atom. The van der Waals surface area contributed by atoms with Crippen molar-refractivity contribution in [1.29, 1.82) is 0 Å². The van der Waals surface area contributed by atoms with Crippen molar-refractivity contribution < 1.29 is 14.6 Å². The zero-order chi connectivity index (χ0) is 12.3. The predicted molar refractivity (Wildman–Crippen MR) is 68.2 cm³/mol. The molecule has 0 spiro atoms. The van der Waals surface area contributed by atoms with Crippen LogP contribution in [-0.2, 0) is 9.53 Å². The van der Waals surface area contributed by atoms with Gasteiger partial charge in [0.1, 0.15) is 0 Å². The second-order valence-corrected chi connectivity index (χ2v) is 5.09. The van der Waals surface area contributed by atoms with Gasteiger partial charge in [0.25, 0.3) is 0 Å². The van der Waals surface area contributed by atoms with Gasteiger partial charge in [-0.3, -0.25) is 0 Å². The third-order valence-electron chi connectivity index (χ3n) is 2.88. The first kappa shape index (κ1) is 12.4. The van der Waals surface area contributed by atoms with Crippen LogP contribution in [0, 0.1) is 0 Å². The maximum Gasteiger partial charge on any atom is 0.331 e. The molecule has 0 bridgehead atoms. The zero-order valence-electron chi connectivity index (χ0n) is 9.28. The van der Waals surface area contributed by atoms with Crippen molar-refractivity contribution in [2.45, 2.75) is 18.4 Å². The summed E-state index contributed by atoms with van der Waals surface area (Å²) in [6, 6.07) is 7.45. The summed E-state index contributed by atoms with van der Waals surface area (Å²) in [5.41, 5.74) is -0.201. The lowest BCUT2D eigenvalue weighted by Gasteiger charge is -2.34. The van der Waals surface area contributed by atoms with E-state index in [1.165, 1.54) is 0 Å². The summed E-state index contributed by atoms with van der Waals surface area (Å²) < 4.78 is 6.26. The Morgan fingerprint density at radius 1 is 1.41 bits per heavy atom. The molecule has 1 saturated heterocycles. The average Bonchev–Trinajstić information content (AvgIpc) is 2.33. The monoisotopic (exact) mass is 299 g/mol. The van der Waals surface area contributed by atoms with Gasteiger partial charge in [-0.05, 0) is 37.1 Å². The largest absolute Gasteiger partial charge is 0.479 e. The number of hydrogen-bond acceptors (Lipinski definition) is 3. The summed E-state index contributed by atoms with van der Waals surface area (Å²) in [6.45, 7) is 0.843. The van der Waals surface area contributed by atoms with Crippen LogP contribution in [0.1, 0.15) is 12.8 Å². The van der Waals surface area contributed by atoms with Crippen LogP contribution in [0.25, 0.3) is 0 Å². The van der Waals surface area contributed by atoms with Gasteiger partial charge in [0, 0.05) is 16.8 Å². The Bertz CT molecular complexity index is 399. The van der Waals surface area contributed by atoms with E-state index in [4.69, 9.17) is 4.74 Å². The van der Waals surface area contributed by atoms with E-state index in [-0.39, 0.29) is 6.61 Å². The number of carboxylic acid groups (broad SMARTS) is 1. The average molecular weight is 300 g/mol. The number of carbonyl (C=O) groups is 1. The van der Waals surface area contributed by atoms with E-state index in [9.17, 15) is 9.90 Å². The topological polar surface area (TPSA) is 58.6 Å². The Balaban J connectivity index is 2.17. The van der Waals surface area contributed by atoms with Crippen LogP contribution in [0.5, 0.6) is 0 Å². The van der Waals surface area contributed by atoms with E-state index in [1.807, 2.05) is 24.3 Å². The lowest BCUT2D eigenvalue weighted by atomic mass is 9.92. The molecule has 1 atom stereocenters. The molecule has 0 radical (unpaired) electrons. The molecule has 1 heterocycles. The summed E-state index contributed by atoms with van der Waals surface area (Å²) in [6.07, 6.45) is 1.34. The summed E-state index contributed by atoms with van der Waals surface area (Å²) in [5.74, 6) is -0.861. The summed E-state index contributed by atoms with van der Waals surface area (Å²) in [7, 11) is 0. The van der Waals surface area contributed by atoms with Crippen molar-refractivity contribution in [3.8, 4) is 0 Å². The second kappa shape index (κ2) is 5.06. The Morgan fingerprint density at radius 3 is 2.65 bits per heavy atom. The van der Waals surface area contributed by atoms with Crippen molar-refractivity contribution >= 4 is 27.6 Å². The van der Waals surface area contributed by atoms with Gasteiger partial charge in [-0.25, -0.2) is 4.79 Å². The number of halogens is 1. The molecule has 1 aromatic carbocycles. The summed E-state index contributed by atoms with van der Waals surface area (Å²) >= 11 is 3.34. The molecule has 0 aromatic heterocycles. The number of rotatable bonds is 3. The maximum atomic E-state index is 11.4. The summed E-state index contributed by atoms with van der Waals surface area (Å²) in [5, 5.41) is 12.4. The first-order valence-corrected chi connectivity index (χ1v) is 6.27. The standard InChI is InChI=1S/C12H14BrNO3/c13-9-2-4-10(5-3-9)14-12(11(15)16)6-1-7-17-8-12/h2-5,14H,1,6-8H2,(H,15,16). The van der Waals surface area contributed by atoms with Gasteiger partial charge in [-0.1, -0.05) is 15.9 Å². The highest BCUT2D eigenvalue weighted by molar-refractivity contribution is 9.10. The van der Waals surface area contributed by atoms with Gasteiger partial charge >= 0.3 is 5.97 Å². The van der Waals surface area contributed by atoms with E-state index in [0.29, 0.717) is 13.0 Å². The maximum absolute atomic E-state index is 11.4. The number of hydrogen-bond donors (Lipinski definition) is 2. The van der Waals surface area contributed by atoms with Crippen LogP contribution >= 0.6 is 15.9 Å². The molecule has 1 aliphatic heterocycles. The first-order chi connectivity index (χ1) is 8.12.